The van der Waals surface area contributed by atoms with Crippen LogP contribution in [0.15, 0.2) is 18.6 Å². The zero-order chi connectivity index (χ0) is 15.6. The lowest BCUT2D eigenvalue weighted by molar-refractivity contribution is 0.166. The molecule has 6 nitrogen and oxygen atoms in total. The van der Waals surface area contributed by atoms with Crippen LogP contribution in [0.4, 0.5) is 5.82 Å². The third-order valence-corrected chi connectivity index (χ3v) is 5.31. The molecule has 0 bridgehead atoms. The van der Waals surface area contributed by atoms with Crippen LogP contribution in [0.25, 0.3) is 11.0 Å². The summed E-state index contributed by atoms with van der Waals surface area (Å²) in [6.07, 6.45) is 9.75. The standard InChI is InChI=1S/C17H22N6/c18-7-10-23(13-3-1-2-4-13)14-6-9-22(11-14)17-15-5-8-19-16(15)20-12-21-17/h5,8,12-14H,1-4,6,9-11H2,(H,19,20,21)/t14-/m1/s1. The van der Waals surface area contributed by atoms with Gasteiger partial charge in [-0.1, -0.05) is 12.8 Å². The van der Waals surface area contributed by atoms with E-state index in [1.165, 1.54) is 25.7 Å². The Balaban J connectivity index is 1.54. The topological polar surface area (TPSA) is 71.8 Å². The summed E-state index contributed by atoms with van der Waals surface area (Å²) in [5, 5.41) is 10.3. The van der Waals surface area contributed by atoms with Crippen LogP contribution in [0, 0.1) is 11.3 Å². The minimum Gasteiger partial charge on any atom is -0.354 e. The third kappa shape index (κ3) is 2.66. The molecule has 1 saturated carbocycles. The number of hydrogen-bond acceptors (Lipinski definition) is 5. The van der Waals surface area contributed by atoms with Crippen LogP contribution in [0.3, 0.4) is 0 Å². The van der Waals surface area contributed by atoms with Crippen molar-refractivity contribution in [3.8, 4) is 6.07 Å². The van der Waals surface area contributed by atoms with E-state index >= 15 is 0 Å². The highest BCUT2D eigenvalue weighted by molar-refractivity contribution is 5.87. The van der Waals surface area contributed by atoms with Crippen molar-refractivity contribution >= 4 is 16.9 Å². The van der Waals surface area contributed by atoms with Crippen LogP contribution in [0.2, 0.25) is 0 Å². The molecule has 0 spiro atoms. The van der Waals surface area contributed by atoms with Crippen LogP contribution < -0.4 is 4.90 Å². The minimum absolute atomic E-state index is 0.460. The van der Waals surface area contributed by atoms with Gasteiger partial charge in [0.15, 0.2) is 0 Å². The summed E-state index contributed by atoms with van der Waals surface area (Å²) in [6, 6.07) is 5.48. The summed E-state index contributed by atoms with van der Waals surface area (Å²) in [6.45, 7) is 2.50. The number of aromatic amines is 1. The Labute approximate surface area is 136 Å². The molecule has 4 rings (SSSR count). The van der Waals surface area contributed by atoms with E-state index in [0.29, 0.717) is 18.6 Å². The smallest absolute Gasteiger partial charge is 0.142 e. The summed E-state index contributed by atoms with van der Waals surface area (Å²) in [5.41, 5.74) is 0.892. The maximum atomic E-state index is 9.22. The van der Waals surface area contributed by atoms with Gasteiger partial charge in [-0.25, -0.2) is 9.97 Å². The molecule has 0 aromatic carbocycles. The Bertz CT molecular complexity index is 711. The van der Waals surface area contributed by atoms with Crippen molar-refractivity contribution in [2.24, 2.45) is 0 Å². The van der Waals surface area contributed by atoms with Crippen LogP contribution in [0.1, 0.15) is 32.1 Å². The first kappa shape index (κ1) is 14.5. The van der Waals surface area contributed by atoms with Crippen molar-refractivity contribution in [2.45, 2.75) is 44.2 Å². The lowest BCUT2D eigenvalue weighted by Gasteiger charge is -2.32. The Kier molecular flexibility index (Phi) is 3.88. The van der Waals surface area contributed by atoms with E-state index in [1.54, 1.807) is 6.33 Å². The number of H-pyrrole nitrogens is 1. The molecule has 1 N–H and O–H groups in total. The Morgan fingerprint density at radius 1 is 1.26 bits per heavy atom. The average molecular weight is 310 g/mol. The maximum Gasteiger partial charge on any atom is 0.142 e. The van der Waals surface area contributed by atoms with Gasteiger partial charge in [0.25, 0.3) is 0 Å². The average Bonchev–Trinajstić information content (AvgIpc) is 3.32. The third-order valence-electron chi connectivity index (χ3n) is 5.31. The van der Waals surface area contributed by atoms with E-state index in [0.717, 1.165) is 36.4 Å². The molecule has 0 unspecified atom stereocenters. The van der Waals surface area contributed by atoms with Crippen molar-refractivity contribution in [2.75, 3.05) is 24.5 Å². The van der Waals surface area contributed by atoms with Gasteiger partial charge in [0.1, 0.15) is 17.8 Å². The maximum absolute atomic E-state index is 9.22. The van der Waals surface area contributed by atoms with Crippen LogP contribution in [-0.2, 0) is 0 Å². The van der Waals surface area contributed by atoms with Gasteiger partial charge in [-0.2, -0.15) is 5.26 Å². The molecular weight excluding hydrogens is 288 g/mol. The molecule has 1 atom stereocenters. The van der Waals surface area contributed by atoms with E-state index < -0.39 is 0 Å². The number of nitrogens with one attached hydrogen (secondary N) is 1. The van der Waals surface area contributed by atoms with Crippen molar-refractivity contribution in [3.63, 3.8) is 0 Å². The molecule has 2 aliphatic rings. The summed E-state index contributed by atoms with van der Waals surface area (Å²) < 4.78 is 0. The summed E-state index contributed by atoms with van der Waals surface area (Å²) in [4.78, 5) is 16.7. The predicted molar refractivity (Wildman–Crippen MR) is 89.1 cm³/mol. The van der Waals surface area contributed by atoms with Crippen molar-refractivity contribution < 1.29 is 0 Å². The Morgan fingerprint density at radius 2 is 2.13 bits per heavy atom. The summed E-state index contributed by atoms with van der Waals surface area (Å²) in [7, 11) is 0. The first-order chi connectivity index (χ1) is 11.4. The van der Waals surface area contributed by atoms with Crippen molar-refractivity contribution in [3.05, 3.63) is 18.6 Å². The van der Waals surface area contributed by atoms with Crippen molar-refractivity contribution in [1.82, 2.24) is 19.9 Å². The second-order valence-corrected chi connectivity index (χ2v) is 6.59. The molecule has 1 aliphatic heterocycles. The zero-order valence-corrected chi connectivity index (χ0v) is 13.3. The number of rotatable bonds is 4. The highest BCUT2D eigenvalue weighted by Gasteiger charge is 2.34. The zero-order valence-electron chi connectivity index (χ0n) is 13.3. The molecule has 6 heteroatoms. The highest BCUT2D eigenvalue weighted by atomic mass is 15.3. The van der Waals surface area contributed by atoms with E-state index in [4.69, 9.17) is 0 Å². The quantitative estimate of drug-likeness (QED) is 0.877. The van der Waals surface area contributed by atoms with E-state index in [1.807, 2.05) is 12.3 Å². The largest absolute Gasteiger partial charge is 0.354 e. The molecule has 3 heterocycles. The molecule has 1 aliphatic carbocycles. The SMILES string of the molecule is N#CCN(C1CCCC1)[C@@H]1CCN(c2ncnc3[nH]ccc23)C1. The van der Waals surface area contributed by atoms with Gasteiger partial charge >= 0.3 is 0 Å². The minimum atomic E-state index is 0.460. The lowest BCUT2D eigenvalue weighted by Crippen LogP contribution is -2.43. The molecule has 2 fully saturated rings. The molecule has 0 radical (unpaired) electrons. The summed E-state index contributed by atoms with van der Waals surface area (Å²) >= 11 is 0. The van der Waals surface area contributed by atoms with Crippen LogP contribution >= 0.6 is 0 Å². The molecule has 2 aromatic rings. The number of aromatic nitrogens is 3. The molecular formula is C17H22N6. The molecule has 1 saturated heterocycles. The molecule has 120 valence electrons. The van der Waals surface area contributed by atoms with Gasteiger partial charge < -0.3 is 9.88 Å². The van der Waals surface area contributed by atoms with E-state index in [-0.39, 0.29) is 0 Å². The monoisotopic (exact) mass is 310 g/mol. The second-order valence-electron chi connectivity index (χ2n) is 6.59. The van der Waals surface area contributed by atoms with E-state index in [9.17, 15) is 5.26 Å². The van der Waals surface area contributed by atoms with Crippen molar-refractivity contribution in [1.29, 1.82) is 5.26 Å². The number of nitriles is 1. The Morgan fingerprint density at radius 3 is 2.96 bits per heavy atom. The molecule has 0 amide bonds. The number of anilines is 1. The van der Waals surface area contributed by atoms with Gasteiger partial charge in [-0.3, -0.25) is 4.90 Å². The highest BCUT2D eigenvalue weighted by Crippen LogP contribution is 2.31. The normalized spacial score (nSPS) is 22.3. The molecule has 23 heavy (non-hydrogen) atoms. The lowest BCUT2D eigenvalue weighted by atomic mass is 10.1. The second kappa shape index (κ2) is 6.17. The van der Waals surface area contributed by atoms with E-state index in [2.05, 4.69) is 30.8 Å². The first-order valence-corrected chi connectivity index (χ1v) is 8.52. The predicted octanol–water partition coefficient (Wildman–Crippen LogP) is 2.30. The summed E-state index contributed by atoms with van der Waals surface area (Å²) in [5.74, 6) is 1.02. The van der Waals surface area contributed by atoms with Gasteiger partial charge in [-0.15, -0.1) is 0 Å². The Hall–Kier alpha value is -2.13. The fourth-order valence-electron chi connectivity index (χ4n) is 4.19. The fraction of sp³-hybridized carbons (Fsp3) is 0.588. The van der Waals surface area contributed by atoms with Crippen LogP contribution in [0.5, 0.6) is 0 Å². The van der Waals surface area contributed by atoms with Gasteiger partial charge in [0.2, 0.25) is 0 Å². The number of nitrogens with zero attached hydrogens (tertiary/aromatic N) is 5. The first-order valence-electron chi connectivity index (χ1n) is 8.52. The fourth-order valence-corrected chi connectivity index (χ4v) is 4.19. The number of hydrogen-bond donors (Lipinski definition) is 1. The van der Waals surface area contributed by atoms with Gasteiger partial charge in [0.05, 0.1) is 18.0 Å². The van der Waals surface area contributed by atoms with Crippen LogP contribution in [-0.4, -0.2) is 51.6 Å². The van der Waals surface area contributed by atoms with Gasteiger partial charge in [-0.05, 0) is 25.3 Å². The molecule has 2 aromatic heterocycles. The van der Waals surface area contributed by atoms with Gasteiger partial charge in [0, 0.05) is 31.4 Å². The number of fused-ring (bicyclic) bond motifs is 1.